The summed E-state index contributed by atoms with van der Waals surface area (Å²) >= 11 is 0. The normalized spacial score (nSPS) is 22.6. The number of benzene rings is 1. The standard InChI is InChI=1S/C14H20N2O3/c1-13(2,3)14(8-15)9-16(12(17)18)10-6-4-5-7-11(10)19-14/h4-7H,8-9,15H2,1-3H3,(H,17,18). The molecule has 0 aromatic heterocycles. The van der Waals surface area contributed by atoms with Gasteiger partial charge in [0.2, 0.25) is 0 Å². The average Bonchev–Trinajstić information content (AvgIpc) is 2.35. The lowest BCUT2D eigenvalue weighted by atomic mass is 9.75. The van der Waals surface area contributed by atoms with Crippen LogP contribution in [0.5, 0.6) is 5.75 Å². The molecule has 0 aliphatic carbocycles. The zero-order valence-corrected chi connectivity index (χ0v) is 11.5. The van der Waals surface area contributed by atoms with Gasteiger partial charge in [0.25, 0.3) is 0 Å². The van der Waals surface area contributed by atoms with Crippen molar-refractivity contribution in [3.8, 4) is 5.75 Å². The van der Waals surface area contributed by atoms with Crippen molar-refractivity contribution in [1.29, 1.82) is 0 Å². The number of hydrogen-bond donors (Lipinski definition) is 2. The maximum Gasteiger partial charge on any atom is 0.412 e. The molecule has 5 heteroatoms. The number of fused-ring (bicyclic) bond motifs is 1. The zero-order chi connectivity index (χ0) is 14.3. The van der Waals surface area contributed by atoms with E-state index in [4.69, 9.17) is 10.5 Å². The fourth-order valence-electron chi connectivity index (χ4n) is 2.32. The number of para-hydroxylation sites is 2. The molecule has 1 atom stereocenters. The fraction of sp³-hybridized carbons (Fsp3) is 0.500. The Balaban J connectivity index is 2.54. The van der Waals surface area contributed by atoms with Crippen LogP contribution in [-0.2, 0) is 0 Å². The summed E-state index contributed by atoms with van der Waals surface area (Å²) in [7, 11) is 0. The van der Waals surface area contributed by atoms with Gasteiger partial charge in [-0.1, -0.05) is 32.9 Å². The smallest absolute Gasteiger partial charge is 0.412 e. The van der Waals surface area contributed by atoms with Crippen LogP contribution in [0.3, 0.4) is 0 Å². The van der Waals surface area contributed by atoms with Crippen LogP contribution in [-0.4, -0.2) is 29.9 Å². The summed E-state index contributed by atoms with van der Waals surface area (Å²) in [6.07, 6.45) is -0.988. The van der Waals surface area contributed by atoms with Crippen molar-refractivity contribution >= 4 is 11.8 Å². The molecule has 1 aromatic rings. The molecule has 3 N–H and O–H groups in total. The molecule has 0 bridgehead atoms. The van der Waals surface area contributed by atoms with Crippen molar-refractivity contribution < 1.29 is 14.6 Å². The number of anilines is 1. The van der Waals surface area contributed by atoms with Gasteiger partial charge in [-0.15, -0.1) is 0 Å². The highest BCUT2D eigenvalue weighted by Gasteiger charge is 2.49. The number of nitrogens with zero attached hydrogens (tertiary/aromatic N) is 1. The molecule has 1 heterocycles. The van der Waals surface area contributed by atoms with Crippen LogP contribution >= 0.6 is 0 Å². The van der Waals surface area contributed by atoms with E-state index in [9.17, 15) is 9.90 Å². The summed E-state index contributed by atoms with van der Waals surface area (Å²) in [5.74, 6) is 0.566. The van der Waals surface area contributed by atoms with Gasteiger partial charge >= 0.3 is 6.09 Å². The summed E-state index contributed by atoms with van der Waals surface area (Å²) < 4.78 is 6.08. The second kappa shape index (κ2) is 4.42. The van der Waals surface area contributed by atoms with Gasteiger partial charge in [-0.2, -0.15) is 0 Å². The van der Waals surface area contributed by atoms with Gasteiger partial charge in [-0.25, -0.2) is 4.79 Å². The topological polar surface area (TPSA) is 75.8 Å². The maximum absolute atomic E-state index is 11.5. The Morgan fingerprint density at radius 3 is 2.63 bits per heavy atom. The first-order chi connectivity index (χ1) is 8.81. The molecule has 19 heavy (non-hydrogen) atoms. The number of ether oxygens (including phenoxy) is 1. The molecule has 1 amide bonds. The lowest BCUT2D eigenvalue weighted by molar-refractivity contribution is -0.0245. The highest BCUT2D eigenvalue weighted by Crippen LogP contribution is 2.43. The van der Waals surface area contributed by atoms with E-state index in [1.165, 1.54) is 4.90 Å². The first-order valence-electron chi connectivity index (χ1n) is 6.29. The summed E-state index contributed by atoms with van der Waals surface area (Å²) in [5.41, 5.74) is 5.47. The molecule has 0 saturated heterocycles. The summed E-state index contributed by atoms with van der Waals surface area (Å²) in [5, 5.41) is 9.41. The van der Waals surface area contributed by atoms with Crippen LogP contribution in [0.1, 0.15) is 20.8 Å². The average molecular weight is 264 g/mol. The van der Waals surface area contributed by atoms with Crippen LogP contribution in [0, 0.1) is 5.41 Å². The molecule has 0 saturated carbocycles. The van der Waals surface area contributed by atoms with E-state index in [2.05, 4.69) is 0 Å². The van der Waals surface area contributed by atoms with E-state index in [0.29, 0.717) is 11.4 Å². The van der Waals surface area contributed by atoms with Crippen molar-refractivity contribution in [2.45, 2.75) is 26.4 Å². The molecular weight excluding hydrogens is 244 g/mol. The second-order valence-electron chi connectivity index (χ2n) is 5.89. The molecule has 5 nitrogen and oxygen atoms in total. The largest absolute Gasteiger partial charge is 0.481 e. The Bertz CT molecular complexity index is 496. The first kappa shape index (κ1) is 13.7. The number of nitrogens with two attached hydrogens (primary N) is 1. The summed E-state index contributed by atoms with van der Waals surface area (Å²) in [6, 6.07) is 7.14. The Morgan fingerprint density at radius 1 is 1.47 bits per heavy atom. The second-order valence-corrected chi connectivity index (χ2v) is 5.89. The molecule has 0 radical (unpaired) electrons. The van der Waals surface area contributed by atoms with Crippen LogP contribution in [0.4, 0.5) is 10.5 Å². The third-order valence-corrected chi connectivity index (χ3v) is 3.80. The SMILES string of the molecule is CC(C)(C)C1(CN)CN(C(=O)O)c2ccccc2O1. The van der Waals surface area contributed by atoms with Crippen LogP contribution in [0.15, 0.2) is 24.3 Å². The first-order valence-corrected chi connectivity index (χ1v) is 6.29. The number of rotatable bonds is 1. The molecule has 1 aliphatic rings. The van der Waals surface area contributed by atoms with Crippen LogP contribution in [0.25, 0.3) is 0 Å². The van der Waals surface area contributed by atoms with E-state index in [0.717, 1.165) is 0 Å². The predicted octanol–water partition coefficient (Wildman–Crippen LogP) is 2.31. The van der Waals surface area contributed by atoms with Crippen molar-refractivity contribution in [1.82, 2.24) is 0 Å². The van der Waals surface area contributed by atoms with Crippen molar-refractivity contribution in [2.24, 2.45) is 11.1 Å². The molecule has 0 spiro atoms. The maximum atomic E-state index is 11.5. The van der Waals surface area contributed by atoms with E-state index >= 15 is 0 Å². The fourth-order valence-corrected chi connectivity index (χ4v) is 2.32. The molecule has 1 aromatic carbocycles. The molecule has 2 rings (SSSR count). The van der Waals surface area contributed by atoms with Gasteiger partial charge in [-0.05, 0) is 12.1 Å². The molecule has 104 valence electrons. The van der Waals surface area contributed by atoms with E-state index in [-0.39, 0.29) is 18.5 Å². The Kier molecular flexibility index (Phi) is 3.18. The molecule has 0 fully saturated rings. The summed E-state index contributed by atoms with van der Waals surface area (Å²) in [4.78, 5) is 12.8. The van der Waals surface area contributed by atoms with Crippen LogP contribution in [0.2, 0.25) is 0 Å². The van der Waals surface area contributed by atoms with Gasteiger partial charge in [0, 0.05) is 12.0 Å². The van der Waals surface area contributed by atoms with Crippen molar-refractivity contribution in [3.05, 3.63) is 24.3 Å². The number of carbonyl (C=O) groups is 1. The molecule has 1 aliphatic heterocycles. The van der Waals surface area contributed by atoms with E-state index in [1.54, 1.807) is 18.2 Å². The third-order valence-electron chi connectivity index (χ3n) is 3.80. The minimum absolute atomic E-state index is 0.235. The number of hydrogen-bond acceptors (Lipinski definition) is 3. The zero-order valence-electron chi connectivity index (χ0n) is 11.5. The highest BCUT2D eigenvalue weighted by molar-refractivity contribution is 5.89. The van der Waals surface area contributed by atoms with Crippen molar-refractivity contribution in [3.63, 3.8) is 0 Å². The van der Waals surface area contributed by atoms with E-state index < -0.39 is 11.7 Å². The Morgan fingerprint density at radius 2 is 2.11 bits per heavy atom. The Labute approximate surface area is 113 Å². The quantitative estimate of drug-likeness (QED) is 0.816. The third kappa shape index (κ3) is 2.14. The number of amides is 1. The van der Waals surface area contributed by atoms with Gasteiger partial charge in [0.05, 0.1) is 12.2 Å². The monoisotopic (exact) mass is 264 g/mol. The van der Waals surface area contributed by atoms with Gasteiger partial charge in [0.15, 0.2) is 0 Å². The minimum atomic E-state index is -0.988. The van der Waals surface area contributed by atoms with Crippen LogP contribution < -0.4 is 15.4 Å². The van der Waals surface area contributed by atoms with Gasteiger partial charge in [-0.3, -0.25) is 4.90 Å². The number of carboxylic acid groups (broad SMARTS) is 1. The Hall–Kier alpha value is -1.75. The minimum Gasteiger partial charge on any atom is -0.481 e. The van der Waals surface area contributed by atoms with Gasteiger partial charge < -0.3 is 15.6 Å². The highest BCUT2D eigenvalue weighted by atomic mass is 16.5. The van der Waals surface area contributed by atoms with E-state index in [1.807, 2.05) is 26.8 Å². The predicted molar refractivity (Wildman–Crippen MR) is 73.7 cm³/mol. The van der Waals surface area contributed by atoms with Crippen molar-refractivity contribution in [2.75, 3.05) is 18.0 Å². The lowest BCUT2D eigenvalue weighted by Gasteiger charge is -2.49. The molecular formula is C14H20N2O3. The summed E-state index contributed by atoms with van der Waals surface area (Å²) in [6.45, 7) is 6.52. The van der Waals surface area contributed by atoms with Gasteiger partial charge in [0.1, 0.15) is 11.4 Å². The molecule has 1 unspecified atom stereocenters. The lowest BCUT2D eigenvalue weighted by Crippen LogP contribution is -2.63.